The lowest BCUT2D eigenvalue weighted by molar-refractivity contribution is 0.101. The Labute approximate surface area is 130 Å². The molecule has 1 aliphatic rings. The number of nitrogens with zero attached hydrogens (tertiary/aromatic N) is 1. The summed E-state index contributed by atoms with van der Waals surface area (Å²) in [4.78, 5) is 4.71. The summed E-state index contributed by atoms with van der Waals surface area (Å²) in [6, 6.07) is 10.5. The molecule has 1 fully saturated rings. The van der Waals surface area contributed by atoms with Crippen LogP contribution in [0.25, 0.3) is 11.3 Å². The molecule has 2 atom stereocenters. The zero-order chi connectivity index (χ0) is 14.5. The maximum Gasteiger partial charge on any atom is 0.0948 e. The van der Waals surface area contributed by atoms with E-state index in [2.05, 4.69) is 17.5 Å². The quantitative estimate of drug-likeness (QED) is 0.886. The zero-order valence-electron chi connectivity index (χ0n) is 12.2. The number of hydrogen-bond donors (Lipinski definition) is 1. The molecule has 112 valence electrons. The highest BCUT2D eigenvalue weighted by Crippen LogP contribution is 2.23. The Bertz CT molecular complexity index is 549. The van der Waals surface area contributed by atoms with Crippen molar-refractivity contribution in [2.24, 2.45) is 5.73 Å². The average molecular weight is 302 g/mol. The molecule has 21 heavy (non-hydrogen) atoms. The van der Waals surface area contributed by atoms with Crippen LogP contribution in [0.1, 0.15) is 30.7 Å². The van der Waals surface area contributed by atoms with Crippen molar-refractivity contribution in [2.45, 2.75) is 44.2 Å². The van der Waals surface area contributed by atoms with Crippen LogP contribution < -0.4 is 5.73 Å². The Balaban J connectivity index is 1.52. The molecule has 2 heterocycles. The van der Waals surface area contributed by atoms with E-state index in [-0.39, 0.29) is 6.04 Å². The van der Waals surface area contributed by atoms with Gasteiger partial charge in [-0.25, -0.2) is 4.98 Å². The second kappa shape index (κ2) is 7.16. The van der Waals surface area contributed by atoms with Crippen molar-refractivity contribution in [1.82, 2.24) is 4.98 Å². The van der Waals surface area contributed by atoms with E-state index >= 15 is 0 Å². The van der Waals surface area contributed by atoms with Crippen LogP contribution in [0.5, 0.6) is 0 Å². The molecule has 2 aromatic rings. The highest BCUT2D eigenvalue weighted by atomic mass is 32.1. The number of aromatic nitrogens is 1. The first-order chi connectivity index (χ1) is 10.3. The third kappa shape index (κ3) is 4.13. The van der Waals surface area contributed by atoms with Gasteiger partial charge in [-0.15, -0.1) is 11.3 Å². The number of benzene rings is 1. The van der Waals surface area contributed by atoms with Gasteiger partial charge in [0, 0.05) is 30.0 Å². The maximum absolute atomic E-state index is 6.24. The van der Waals surface area contributed by atoms with Crippen molar-refractivity contribution >= 4 is 11.3 Å². The Morgan fingerprint density at radius 3 is 2.95 bits per heavy atom. The number of nitrogens with two attached hydrogens (primary N) is 1. The van der Waals surface area contributed by atoms with Crippen LogP contribution in [0.4, 0.5) is 0 Å². The van der Waals surface area contributed by atoms with Crippen LogP contribution >= 0.6 is 11.3 Å². The number of ether oxygens (including phenoxy) is 1. The summed E-state index contributed by atoms with van der Waals surface area (Å²) in [5.41, 5.74) is 8.47. The Kier molecular flexibility index (Phi) is 5.01. The minimum absolute atomic E-state index is 0.184. The van der Waals surface area contributed by atoms with Gasteiger partial charge in [-0.05, 0) is 25.7 Å². The van der Waals surface area contributed by atoms with Crippen molar-refractivity contribution in [3.05, 3.63) is 40.7 Å². The molecule has 3 nitrogen and oxygen atoms in total. The van der Waals surface area contributed by atoms with Crippen molar-refractivity contribution in [2.75, 3.05) is 6.61 Å². The van der Waals surface area contributed by atoms with Gasteiger partial charge in [0.1, 0.15) is 0 Å². The highest BCUT2D eigenvalue weighted by Gasteiger charge is 2.17. The lowest BCUT2D eigenvalue weighted by Crippen LogP contribution is -2.24. The lowest BCUT2D eigenvalue weighted by Gasteiger charge is -2.13. The molecule has 1 aromatic heterocycles. The molecular weight excluding hydrogens is 280 g/mol. The SMILES string of the molecule is NC(CCC1CCCO1)Cc1nc(-c2ccccc2)cs1. The third-order valence-electron chi connectivity index (χ3n) is 3.94. The Hall–Kier alpha value is -1.23. The van der Waals surface area contributed by atoms with Gasteiger partial charge in [-0.2, -0.15) is 0 Å². The third-order valence-corrected chi connectivity index (χ3v) is 4.81. The number of thiazole rings is 1. The van der Waals surface area contributed by atoms with Crippen molar-refractivity contribution in [3.8, 4) is 11.3 Å². The Morgan fingerprint density at radius 2 is 2.19 bits per heavy atom. The molecule has 2 unspecified atom stereocenters. The first kappa shape index (κ1) is 14.7. The molecular formula is C17H22N2OS. The van der Waals surface area contributed by atoms with E-state index in [0.29, 0.717) is 6.10 Å². The number of rotatable bonds is 6. The van der Waals surface area contributed by atoms with Gasteiger partial charge in [0.2, 0.25) is 0 Å². The molecule has 1 aliphatic heterocycles. The molecule has 3 rings (SSSR count). The molecule has 0 spiro atoms. The van der Waals surface area contributed by atoms with E-state index in [9.17, 15) is 0 Å². The van der Waals surface area contributed by atoms with Crippen LogP contribution in [-0.4, -0.2) is 23.7 Å². The smallest absolute Gasteiger partial charge is 0.0948 e. The molecule has 0 aliphatic carbocycles. The summed E-state index contributed by atoms with van der Waals surface area (Å²) >= 11 is 1.71. The molecule has 2 N–H and O–H groups in total. The molecule has 0 saturated carbocycles. The normalized spacial score (nSPS) is 19.8. The number of hydrogen-bond acceptors (Lipinski definition) is 4. The summed E-state index contributed by atoms with van der Waals surface area (Å²) in [6.45, 7) is 0.923. The van der Waals surface area contributed by atoms with Gasteiger partial charge in [0.15, 0.2) is 0 Å². The van der Waals surface area contributed by atoms with E-state index in [0.717, 1.165) is 36.6 Å². The lowest BCUT2D eigenvalue weighted by atomic mass is 10.0. The molecule has 0 radical (unpaired) electrons. The molecule has 0 bridgehead atoms. The van der Waals surface area contributed by atoms with Crippen LogP contribution in [0.15, 0.2) is 35.7 Å². The minimum atomic E-state index is 0.184. The van der Waals surface area contributed by atoms with E-state index in [1.54, 1.807) is 11.3 Å². The highest BCUT2D eigenvalue weighted by molar-refractivity contribution is 7.09. The second-order valence-electron chi connectivity index (χ2n) is 5.67. The molecule has 4 heteroatoms. The van der Waals surface area contributed by atoms with Crippen molar-refractivity contribution in [3.63, 3.8) is 0 Å². The van der Waals surface area contributed by atoms with Gasteiger partial charge < -0.3 is 10.5 Å². The fraction of sp³-hybridized carbons (Fsp3) is 0.471. The average Bonchev–Trinajstić information content (AvgIpc) is 3.17. The summed E-state index contributed by atoms with van der Waals surface area (Å²) in [5, 5.41) is 3.26. The molecule has 1 saturated heterocycles. The predicted molar refractivity (Wildman–Crippen MR) is 87.4 cm³/mol. The van der Waals surface area contributed by atoms with Crippen LogP contribution in [0, 0.1) is 0 Å². The fourth-order valence-corrected chi connectivity index (χ4v) is 3.64. The predicted octanol–water partition coefficient (Wildman–Crippen LogP) is 3.64. The summed E-state index contributed by atoms with van der Waals surface area (Å²) in [5.74, 6) is 0. The molecule has 0 amide bonds. The summed E-state index contributed by atoms with van der Waals surface area (Å²) in [6.07, 6.45) is 5.80. The zero-order valence-corrected chi connectivity index (χ0v) is 13.0. The van der Waals surface area contributed by atoms with Crippen molar-refractivity contribution < 1.29 is 4.74 Å². The summed E-state index contributed by atoms with van der Waals surface area (Å²) < 4.78 is 5.65. The van der Waals surface area contributed by atoms with Crippen LogP contribution in [0.3, 0.4) is 0 Å². The standard InChI is InChI=1S/C17H22N2OS/c18-14(8-9-15-7-4-10-20-15)11-17-19-16(12-21-17)13-5-2-1-3-6-13/h1-3,5-6,12,14-15H,4,7-11,18H2. The topological polar surface area (TPSA) is 48.1 Å². The monoisotopic (exact) mass is 302 g/mol. The largest absolute Gasteiger partial charge is 0.378 e. The fourth-order valence-electron chi connectivity index (χ4n) is 2.74. The van der Waals surface area contributed by atoms with Crippen molar-refractivity contribution in [1.29, 1.82) is 0 Å². The van der Waals surface area contributed by atoms with Gasteiger partial charge >= 0.3 is 0 Å². The maximum atomic E-state index is 6.24. The first-order valence-electron chi connectivity index (χ1n) is 7.68. The van der Waals surface area contributed by atoms with E-state index in [1.807, 2.05) is 18.2 Å². The second-order valence-corrected chi connectivity index (χ2v) is 6.61. The van der Waals surface area contributed by atoms with E-state index in [1.165, 1.54) is 18.4 Å². The first-order valence-corrected chi connectivity index (χ1v) is 8.56. The van der Waals surface area contributed by atoms with Gasteiger partial charge in [0.25, 0.3) is 0 Å². The van der Waals surface area contributed by atoms with Gasteiger partial charge in [-0.1, -0.05) is 30.3 Å². The van der Waals surface area contributed by atoms with Crippen LogP contribution in [-0.2, 0) is 11.2 Å². The minimum Gasteiger partial charge on any atom is -0.378 e. The van der Waals surface area contributed by atoms with Gasteiger partial charge in [-0.3, -0.25) is 0 Å². The molecule has 1 aromatic carbocycles. The summed E-state index contributed by atoms with van der Waals surface area (Å²) in [7, 11) is 0. The van der Waals surface area contributed by atoms with E-state index < -0.39 is 0 Å². The van der Waals surface area contributed by atoms with Crippen LogP contribution in [0.2, 0.25) is 0 Å². The Morgan fingerprint density at radius 1 is 1.33 bits per heavy atom. The van der Waals surface area contributed by atoms with Gasteiger partial charge in [0.05, 0.1) is 16.8 Å². The van der Waals surface area contributed by atoms with E-state index in [4.69, 9.17) is 15.5 Å².